The van der Waals surface area contributed by atoms with E-state index in [-0.39, 0.29) is 11.9 Å². The van der Waals surface area contributed by atoms with Crippen molar-refractivity contribution in [1.29, 1.82) is 0 Å². The lowest BCUT2D eigenvalue weighted by Crippen LogP contribution is -2.27. The molecule has 1 aromatic heterocycles. The van der Waals surface area contributed by atoms with Crippen LogP contribution in [0.5, 0.6) is 5.75 Å². The van der Waals surface area contributed by atoms with E-state index in [1.807, 2.05) is 52.0 Å². The van der Waals surface area contributed by atoms with Crippen molar-refractivity contribution >= 4 is 11.9 Å². The average molecular weight is 289 g/mol. The number of anilines is 1. The number of carbonyl (C=O) groups excluding carboxylic acids is 1. The zero-order valence-corrected chi connectivity index (χ0v) is 12.6. The number of hydrogen-bond donors (Lipinski definition) is 1. The lowest BCUT2D eigenvalue weighted by atomic mass is 9.96. The molecule has 2 aromatic rings. The second kappa shape index (κ2) is 5.95. The quantitative estimate of drug-likeness (QED) is 0.935. The summed E-state index contributed by atoms with van der Waals surface area (Å²) in [6.45, 7) is 7.98. The van der Waals surface area contributed by atoms with Gasteiger partial charge in [0.1, 0.15) is 5.75 Å². The Labute approximate surface area is 123 Å². The molecule has 112 valence electrons. The number of aromatic nitrogens is 2. The summed E-state index contributed by atoms with van der Waals surface area (Å²) in [4.78, 5) is 11.8. The molecule has 2 rings (SSSR count). The molecule has 0 saturated heterocycles. The molecule has 1 heterocycles. The van der Waals surface area contributed by atoms with Gasteiger partial charge < -0.3 is 9.15 Å². The van der Waals surface area contributed by atoms with Crippen molar-refractivity contribution in [1.82, 2.24) is 10.2 Å². The average Bonchev–Trinajstić information content (AvgIpc) is 2.87. The molecule has 0 aliphatic rings. The highest BCUT2D eigenvalue weighted by Crippen LogP contribution is 2.23. The third-order valence-electron chi connectivity index (χ3n) is 2.74. The summed E-state index contributed by atoms with van der Waals surface area (Å²) in [5, 5.41) is 10.3. The molecule has 0 atom stereocenters. The smallest absolute Gasteiger partial charge is 0.322 e. The van der Waals surface area contributed by atoms with E-state index in [2.05, 4.69) is 15.5 Å². The topological polar surface area (TPSA) is 77.3 Å². The van der Waals surface area contributed by atoms with E-state index in [0.29, 0.717) is 12.5 Å². The van der Waals surface area contributed by atoms with Crippen molar-refractivity contribution in [3.63, 3.8) is 0 Å². The van der Waals surface area contributed by atoms with Crippen LogP contribution < -0.4 is 10.1 Å². The van der Waals surface area contributed by atoms with Crippen LogP contribution >= 0.6 is 0 Å². The first-order chi connectivity index (χ1) is 9.90. The molecule has 0 saturated carbocycles. The number of benzene rings is 1. The number of hydrogen-bond acceptors (Lipinski definition) is 5. The van der Waals surface area contributed by atoms with E-state index in [4.69, 9.17) is 9.15 Å². The van der Waals surface area contributed by atoms with E-state index >= 15 is 0 Å². The minimum absolute atomic E-state index is 0.0961. The maximum atomic E-state index is 11.8. The van der Waals surface area contributed by atoms with Crippen LogP contribution in [0.1, 0.15) is 27.7 Å². The van der Waals surface area contributed by atoms with Crippen LogP contribution in [0.25, 0.3) is 11.5 Å². The van der Waals surface area contributed by atoms with E-state index in [1.165, 1.54) is 0 Å². The molecular weight excluding hydrogens is 270 g/mol. The Kier molecular flexibility index (Phi) is 4.26. The highest BCUT2D eigenvalue weighted by Gasteiger charge is 2.23. The zero-order valence-electron chi connectivity index (χ0n) is 12.6. The Morgan fingerprint density at radius 1 is 1.24 bits per heavy atom. The van der Waals surface area contributed by atoms with Crippen LogP contribution in [0.2, 0.25) is 0 Å². The first-order valence-electron chi connectivity index (χ1n) is 6.78. The molecule has 0 spiro atoms. The van der Waals surface area contributed by atoms with Gasteiger partial charge in [0, 0.05) is 11.0 Å². The van der Waals surface area contributed by atoms with E-state index in [9.17, 15) is 4.79 Å². The fourth-order valence-electron chi connectivity index (χ4n) is 1.54. The van der Waals surface area contributed by atoms with Gasteiger partial charge in [-0.3, -0.25) is 10.1 Å². The van der Waals surface area contributed by atoms with Gasteiger partial charge >= 0.3 is 6.01 Å². The molecule has 1 N–H and O–H groups in total. The molecule has 0 aliphatic heterocycles. The molecule has 0 aliphatic carbocycles. The molecule has 0 unspecified atom stereocenters. The van der Waals surface area contributed by atoms with Crippen molar-refractivity contribution < 1.29 is 13.9 Å². The first-order valence-corrected chi connectivity index (χ1v) is 6.78. The monoisotopic (exact) mass is 289 g/mol. The Bertz CT molecular complexity index is 612. The number of rotatable bonds is 4. The van der Waals surface area contributed by atoms with Gasteiger partial charge in [-0.25, -0.2) is 0 Å². The number of amides is 1. The number of ether oxygens (including phenoxy) is 1. The fraction of sp³-hybridized carbons (Fsp3) is 0.400. The molecular formula is C15H19N3O3. The standard InChI is InChI=1S/C15H19N3O3/c1-5-20-11-8-6-10(7-9-11)12-17-18-14(21-12)16-13(19)15(2,3)4/h6-9H,5H2,1-4H3,(H,16,18,19). The SMILES string of the molecule is CCOc1ccc(-c2nnc(NC(=O)C(C)(C)C)o2)cc1. The van der Waals surface area contributed by atoms with Crippen LogP contribution in [-0.4, -0.2) is 22.7 Å². The van der Waals surface area contributed by atoms with Crippen LogP contribution in [0.3, 0.4) is 0 Å². The van der Waals surface area contributed by atoms with E-state index < -0.39 is 5.41 Å². The number of nitrogens with one attached hydrogen (secondary N) is 1. The predicted octanol–water partition coefficient (Wildman–Crippen LogP) is 3.12. The fourth-order valence-corrected chi connectivity index (χ4v) is 1.54. The third kappa shape index (κ3) is 3.81. The Morgan fingerprint density at radius 3 is 2.48 bits per heavy atom. The van der Waals surface area contributed by atoms with Gasteiger partial charge in [0.05, 0.1) is 6.61 Å². The molecule has 6 nitrogen and oxygen atoms in total. The van der Waals surface area contributed by atoms with Crippen LogP contribution in [0.4, 0.5) is 6.01 Å². The Balaban J connectivity index is 2.10. The first kappa shape index (κ1) is 15.0. The molecule has 0 radical (unpaired) electrons. The highest BCUT2D eigenvalue weighted by atomic mass is 16.5. The predicted molar refractivity (Wildman–Crippen MR) is 79.0 cm³/mol. The maximum Gasteiger partial charge on any atom is 0.322 e. The minimum atomic E-state index is -0.520. The van der Waals surface area contributed by atoms with E-state index in [1.54, 1.807) is 0 Å². The van der Waals surface area contributed by atoms with Crippen LogP contribution in [0.15, 0.2) is 28.7 Å². The largest absolute Gasteiger partial charge is 0.494 e. The van der Waals surface area contributed by atoms with Gasteiger partial charge in [-0.1, -0.05) is 25.9 Å². The van der Waals surface area contributed by atoms with Crippen LogP contribution in [-0.2, 0) is 4.79 Å². The van der Waals surface area contributed by atoms with Gasteiger partial charge in [0.2, 0.25) is 11.8 Å². The summed E-state index contributed by atoms with van der Waals surface area (Å²) in [6, 6.07) is 7.41. The van der Waals surface area contributed by atoms with Gasteiger partial charge in [-0.05, 0) is 31.2 Å². The van der Waals surface area contributed by atoms with Crippen LogP contribution in [0, 0.1) is 5.41 Å². The Hall–Kier alpha value is -2.37. The molecule has 6 heteroatoms. The summed E-state index contributed by atoms with van der Waals surface area (Å²) in [6.07, 6.45) is 0. The minimum Gasteiger partial charge on any atom is -0.494 e. The summed E-state index contributed by atoms with van der Waals surface area (Å²) >= 11 is 0. The molecule has 0 bridgehead atoms. The molecule has 1 amide bonds. The summed E-state index contributed by atoms with van der Waals surface area (Å²) < 4.78 is 10.8. The highest BCUT2D eigenvalue weighted by molar-refractivity contribution is 5.92. The van der Waals surface area contributed by atoms with Crippen molar-refractivity contribution in [2.45, 2.75) is 27.7 Å². The summed E-state index contributed by atoms with van der Waals surface area (Å²) in [5.74, 6) is 0.952. The van der Waals surface area contributed by atoms with Crippen molar-refractivity contribution in [3.05, 3.63) is 24.3 Å². The summed E-state index contributed by atoms with van der Waals surface area (Å²) in [7, 11) is 0. The van der Waals surface area contributed by atoms with Gasteiger partial charge in [-0.15, -0.1) is 5.10 Å². The van der Waals surface area contributed by atoms with Gasteiger partial charge in [0.15, 0.2) is 0 Å². The second-order valence-electron chi connectivity index (χ2n) is 5.57. The molecule has 1 aromatic carbocycles. The molecule has 21 heavy (non-hydrogen) atoms. The normalized spacial score (nSPS) is 11.2. The second-order valence-corrected chi connectivity index (χ2v) is 5.57. The third-order valence-corrected chi connectivity index (χ3v) is 2.74. The lowest BCUT2D eigenvalue weighted by molar-refractivity contribution is -0.123. The zero-order chi connectivity index (χ0) is 15.5. The van der Waals surface area contributed by atoms with E-state index in [0.717, 1.165) is 11.3 Å². The number of carbonyl (C=O) groups is 1. The van der Waals surface area contributed by atoms with Crippen molar-refractivity contribution in [2.75, 3.05) is 11.9 Å². The van der Waals surface area contributed by atoms with Crippen molar-refractivity contribution in [2.24, 2.45) is 5.41 Å². The summed E-state index contributed by atoms with van der Waals surface area (Å²) in [5.41, 5.74) is 0.246. The van der Waals surface area contributed by atoms with Crippen molar-refractivity contribution in [3.8, 4) is 17.2 Å². The maximum absolute atomic E-state index is 11.8. The molecule has 0 fully saturated rings. The number of nitrogens with zero attached hydrogens (tertiary/aromatic N) is 2. The lowest BCUT2D eigenvalue weighted by Gasteiger charge is -2.15. The van der Waals surface area contributed by atoms with Gasteiger partial charge in [0.25, 0.3) is 0 Å². The Morgan fingerprint density at radius 2 is 1.90 bits per heavy atom. The van der Waals surface area contributed by atoms with Gasteiger partial charge in [-0.2, -0.15) is 0 Å².